The number of hydrogen-bond acceptors (Lipinski definition) is 2. The van der Waals surface area contributed by atoms with Crippen LogP contribution in [0.4, 0.5) is 0 Å². The van der Waals surface area contributed by atoms with E-state index in [1.165, 1.54) is 25.3 Å². The Balaban J connectivity index is 2.65. The summed E-state index contributed by atoms with van der Waals surface area (Å²) >= 11 is 0. The van der Waals surface area contributed by atoms with Gasteiger partial charge < -0.3 is 4.74 Å². The van der Waals surface area contributed by atoms with Crippen LogP contribution in [-0.4, -0.2) is 12.1 Å². The van der Waals surface area contributed by atoms with Crippen molar-refractivity contribution in [2.45, 2.75) is 58.5 Å². The van der Waals surface area contributed by atoms with E-state index in [9.17, 15) is 4.79 Å². The van der Waals surface area contributed by atoms with Gasteiger partial charge in [0, 0.05) is 12.0 Å². The topological polar surface area (TPSA) is 26.3 Å². The Labute approximate surface area is 111 Å². The molecule has 2 heteroatoms. The molecule has 1 rings (SSSR count). The maximum atomic E-state index is 11.6. The second-order valence-electron chi connectivity index (χ2n) is 5.11. The molecule has 3 unspecified atom stereocenters. The van der Waals surface area contributed by atoms with Crippen LogP contribution in [-0.2, 0) is 9.53 Å². The molecule has 0 heterocycles. The van der Waals surface area contributed by atoms with Crippen LogP contribution in [0, 0.1) is 11.8 Å². The molecule has 0 radical (unpaired) electrons. The molecular formula is C16H26O2. The summed E-state index contributed by atoms with van der Waals surface area (Å²) in [7, 11) is 0. The molecule has 0 N–H and O–H groups in total. The van der Waals surface area contributed by atoms with Crippen LogP contribution in [0.3, 0.4) is 0 Å². The molecule has 2 nitrogen and oxygen atoms in total. The van der Waals surface area contributed by atoms with E-state index < -0.39 is 0 Å². The summed E-state index contributed by atoms with van der Waals surface area (Å²) in [4.78, 5) is 11.6. The van der Waals surface area contributed by atoms with Crippen LogP contribution >= 0.6 is 0 Å². The molecule has 0 aromatic rings. The number of hydrogen-bond donors (Lipinski definition) is 0. The van der Waals surface area contributed by atoms with Gasteiger partial charge >= 0.3 is 5.97 Å². The number of allylic oxidation sites excluding steroid dienone is 2. The van der Waals surface area contributed by atoms with Crippen LogP contribution in [0.2, 0.25) is 0 Å². The molecule has 0 amide bonds. The molecule has 18 heavy (non-hydrogen) atoms. The Hall–Kier alpha value is -1.05. The molecule has 1 saturated carbocycles. The molecule has 0 aromatic heterocycles. The zero-order valence-corrected chi connectivity index (χ0v) is 11.7. The maximum Gasteiger partial charge on any atom is 0.330 e. The molecule has 0 aromatic carbocycles. The summed E-state index contributed by atoms with van der Waals surface area (Å²) in [6.45, 7) is 7.98. The third-order valence-electron chi connectivity index (χ3n) is 3.82. The first kappa shape index (κ1) is 15.0. The Kier molecular flexibility index (Phi) is 6.77. The van der Waals surface area contributed by atoms with Gasteiger partial charge in [0.05, 0.1) is 0 Å². The number of ether oxygens (including phenoxy) is 1. The average Bonchev–Trinajstić information content (AvgIpc) is 2.37. The van der Waals surface area contributed by atoms with Crippen molar-refractivity contribution >= 4 is 5.97 Å². The zero-order chi connectivity index (χ0) is 13.4. The summed E-state index contributed by atoms with van der Waals surface area (Å²) in [6, 6.07) is 0. The van der Waals surface area contributed by atoms with Gasteiger partial charge in [0.15, 0.2) is 0 Å². The van der Waals surface area contributed by atoms with Crippen LogP contribution in [0.25, 0.3) is 0 Å². The fourth-order valence-corrected chi connectivity index (χ4v) is 2.86. The summed E-state index contributed by atoms with van der Waals surface area (Å²) in [6.07, 6.45) is 12.2. The standard InChI is InChI=1S/C16H26O2/c1-4-7-11-14-13(6-3)10-8-12-15(14)18-16(17)9-5-2/h5-6,9,13-15H,3-4,7-8,10-12H2,1-2H3. The average molecular weight is 250 g/mol. The van der Waals surface area contributed by atoms with Gasteiger partial charge in [0.2, 0.25) is 0 Å². The van der Waals surface area contributed by atoms with Gasteiger partial charge in [-0.1, -0.05) is 31.9 Å². The number of rotatable bonds is 6. The maximum absolute atomic E-state index is 11.6. The predicted octanol–water partition coefficient (Wildman–Crippen LogP) is 4.27. The summed E-state index contributed by atoms with van der Waals surface area (Å²) in [5.41, 5.74) is 0. The third kappa shape index (κ3) is 4.32. The van der Waals surface area contributed by atoms with Gasteiger partial charge in [-0.3, -0.25) is 0 Å². The SMILES string of the molecule is C=CC1CCCC(OC(=O)C=CC)C1CCCC. The van der Waals surface area contributed by atoms with Crippen molar-refractivity contribution in [3.63, 3.8) is 0 Å². The van der Waals surface area contributed by atoms with E-state index >= 15 is 0 Å². The predicted molar refractivity (Wildman–Crippen MR) is 75.2 cm³/mol. The highest BCUT2D eigenvalue weighted by Crippen LogP contribution is 2.36. The Morgan fingerprint density at radius 2 is 2.22 bits per heavy atom. The van der Waals surface area contributed by atoms with Crippen molar-refractivity contribution in [3.8, 4) is 0 Å². The van der Waals surface area contributed by atoms with Crippen molar-refractivity contribution in [2.24, 2.45) is 11.8 Å². The lowest BCUT2D eigenvalue weighted by atomic mass is 9.75. The van der Waals surface area contributed by atoms with E-state index in [1.807, 2.05) is 6.92 Å². The summed E-state index contributed by atoms with van der Waals surface area (Å²) < 4.78 is 5.60. The zero-order valence-electron chi connectivity index (χ0n) is 11.7. The highest BCUT2D eigenvalue weighted by Gasteiger charge is 2.33. The fraction of sp³-hybridized carbons (Fsp3) is 0.688. The van der Waals surface area contributed by atoms with Crippen molar-refractivity contribution in [1.29, 1.82) is 0 Å². The van der Waals surface area contributed by atoms with Crippen LogP contribution in [0.15, 0.2) is 24.8 Å². The molecule has 102 valence electrons. The van der Waals surface area contributed by atoms with Gasteiger partial charge in [-0.05, 0) is 38.5 Å². The van der Waals surface area contributed by atoms with E-state index in [-0.39, 0.29) is 12.1 Å². The first-order valence-electron chi connectivity index (χ1n) is 7.18. The minimum Gasteiger partial charge on any atom is -0.459 e. The Morgan fingerprint density at radius 1 is 1.44 bits per heavy atom. The molecule has 0 aliphatic heterocycles. The molecule has 0 bridgehead atoms. The number of carbonyl (C=O) groups is 1. The Bertz CT molecular complexity index is 293. The molecule has 3 atom stereocenters. The van der Waals surface area contributed by atoms with Gasteiger partial charge in [-0.2, -0.15) is 0 Å². The van der Waals surface area contributed by atoms with Gasteiger partial charge in [-0.15, -0.1) is 6.58 Å². The van der Waals surface area contributed by atoms with Gasteiger partial charge in [0.25, 0.3) is 0 Å². The minimum absolute atomic E-state index is 0.0806. The Morgan fingerprint density at radius 3 is 2.83 bits per heavy atom. The van der Waals surface area contributed by atoms with E-state index in [2.05, 4.69) is 19.6 Å². The molecule has 0 saturated heterocycles. The lowest BCUT2D eigenvalue weighted by Crippen LogP contribution is -2.35. The first-order valence-corrected chi connectivity index (χ1v) is 7.18. The molecule has 1 fully saturated rings. The van der Waals surface area contributed by atoms with Crippen molar-refractivity contribution < 1.29 is 9.53 Å². The highest BCUT2D eigenvalue weighted by atomic mass is 16.5. The van der Waals surface area contributed by atoms with Gasteiger partial charge in [-0.25, -0.2) is 4.79 Å². The highest BCUT2D eigenvalue weighted by molar-refractivity contribution is 5.81. The smallest absolute Gasteiger partial charge is 0.330 e. The molecule has 0 spiro atoms. The monoisotopic (exact) mass is 250 g/mol. The lowest BCUT2D eigenvalue weighted by molar-refractivity contribution is -0.148. The van der Waals surface area contributed by atoms with Gasteiger partial charge in [0.1, 0.15) is 6.10 Å². The van der Waals surface area contributed by atoms with Crippen LogP contribution in [0.5, 0.6) is 0 Å². The van der Waals surface area contributed by atoms with E-state index in [0.717, 1.165) is 19.3 Å². The molecular weight excluding hydrogens is 224 g/mol. The second-order valence-corrected chi connectivity index (χ2v) is 5.11. The van der Waals surface area contributed by atoms with E-state index in [1.54, 1.807) is 6.08 Å². The second kappa shape index (κ2) is 8.12. The number of carbonyl (C=O) groups excluding carboxylic acids is 1. The summed E-state index contributed by atoms with van der Waals surface area (Å²) in [5, 5.41) is 0. The summed E-state index contributed by atoms with van der Waals surface area (Å²) in [5.74, 6) is 0.771. The van der Waals surface area contributed by atoms with Crippen molar-refractivity contribution in [1.82, 2.24) is 0 Å². The number of esters is 1. The minimum atomic E-state index is -0.200. The number of unbranched alkanes of at least 4 members (excludes halogenated alkanes) is 1. The third-order valence-corrected chi connectivity index (χ3v) is 3.82. The van der Waals surface area contributed by atoms with Crippen molar-refractivity contribution in [2.75, 3.05) is 0 Å². The normalized spacial score (nSPS) is 28.2. The molecule has 1 aliphatic carbocycles. The van der Waals surface area contributed by atoms with Crippen LogP contribution in [0.1, 0.15) is 52.4 Å². The van der Waals surface area contributed by atoms with Crippen molar-refractivity contribution in [3.05, 3.63) is 24.8 Å². The van der Waals surface area contributed by atoms with Crippen LogP contribution < -0.4 is 0 Å². The largest absolute Gasteiger partial charge is 0.459 e. The lowest BCUT2D eigenvalue weighted by Gasteiger charge is -2.36. The molecule has 1 aliphatic rings. The first-order chi connectivity index (χ1) is 8.72. The van der Waals surface area contributed by atoms with E-state index in [0.29, 0.717) is 11.8 Å². The van der Waals surface area contributed by atoms with E-state index in [4.69, 9.17) is 4.74 Å². The quantitative estimate of drug-likeness (QED) is 0.400. The fourth-order valence-electron chi connectivity index (χ4n) is 2.86.